The summed E-state index contributed by atoms with van der Waals surface area (Å²) in [6, 6.07) is 6.82. The maximum Gasteiger partial charge on any atom is 0.251 e. The van der Waals surface area contributed by atoms with Gasteiger partial charge in [0, 0.05) is 28.9 Å². The van der Waals surface area contributed by atoms with E-state index in [1.807, 2.05) is 19.1 Å². The van der Waals surface area contributed by atoms with Crippen molar-refractivity contribution < 1.29 is 13.2 Å². The molecule has 3 aromatic rings. The Bertz CT molecular complexity index is 1130. The van der Waals surface area contributed by atoms with Gasteiger partial charge in [0.2, 0.25) is 10.0 Å². The summed E-state index contributed by atoms with van der Waals surface area (Å²) in [4.78, 5) is 25.4. The molecule has 1 unspecified atom stereocenters. The van der Waals surface area contributed by atoms with Crippen LogP contribution in [0.1, 0.15) is 48.3 Å². The van der Waals surface area contributed by atoms with Crippen molar-refractivity contribution >= 4 is 32.4 Å². The molecule has 1 saturated carbocycles. The third-order valence-corrected chi connectivity index (χ3v) is 7.52. The van der Waals surface area contributed by atoms with Crippen LogP contribution in [-0.4, -0.2) is 34.5 Å². The molecule has 0 spiro atoms. The normalized spacial score (nSPS) is 14.8. The molecule has 1 aliphatic carbocycles. The molecule has 2 aromatic heterocycles. The van der Waals surface area contributed by atoms with Gasteiger partial charge in [0.05, 0.1) is 28.9 Å². The van der Waals surface area contributed by atoms with E-state index in [1.165, 1.54) is 11.3 Å². The predicted molar refractivity (Wildman–Crippen MR) is 116 cm³/mol. The topological polar surface area (TPSA) is 114 Å². The molecule has 8 nitrogen and oxygen atoms in total. The highest BCUT2D eigenvalue weighted by Gasteiger charge is 2.36. The zero-order valence-corrected chi connectivity index (χ0v) is 17.9. The van der Waals surface area contributed by atoms with Crippen molar-refractivity contribution in [2.45, 2.75) is 37.5 Å². The van der Waals surface area contributed by atoms with Crippen LogP contribution >= 0.6 is 11.3 Å². The number of rotatable bonds is 8. The summed E-state index contributed by atoms with van der Waals surface area (Å²) in [6.07, 6.45) is 6.90. The van der Waals surface area contributed by atoms with Crippen LogP contribution in [0.2, 0.25) is 0 Å². The molecular formula is C20H21N5O3S2. The number of nitrogens with zero attached hydrogens (tertiary/aromatic N) is 3. The second-order valence-electron chi connectivity index (χ2n) is 7.03. The number of hydrogen-bond donors (Lipinski definition) is 2. The zero-order chi connectivity index (χ0) is 21.1. The molecule has 156 valence electrons. The number of thiazole rings is 1. The Morgan fingerprint density at radius 1 is 1.23 bits per heavy atom. The zero-order valence-electron chi connectivity index (χ0n) is 16.3. The smallest absolute Gasteiger partial charge is 0.251 e. The highest BCUT2D eigenvalue weighted by molar-refractivity contribution is 7.93. The number of sulfonamides is 1. The second-order valence-corrected chi connectivity index (χ2v) is 9.85. The first kappa shape index (κ1) is 20.4. The van der Waals surface area contributed by atoms with E-state index in [0.29, 0.717) is 35.7 Å². The monoisotopic (exact) mass is 443 g/mol. The Hall–Kier alpha value is -2.85. The fraction of sp³-hybridized carbons (Fsp3) is 0.300. The van der Waals surface area contributed by atoms with Crippen LogP contribution in [0.5, 0.6) is 0 Å². The molecule has 2 N–H and O–H groups in total. The number of anilines is 1. The Morgan fingerprint density at radius 2 is 2.00 bits per heavy atom. The van der Waals surface area contributed by atoms with Gasteiger partial charge in [-0.3, -0.25) is 19.5 Å². The minimum Gasteiger partial charge on any atom is -0.344 e. The summed E-state index contributed by atoms with van der Waals surface area (Å²) in [5, 5.41) is 4.77. The number of benzene rings is 1. The van der Waals surface area contributed by atoms with Gasteiger partial charge in [0.25, 0.3) is 5.91 Å². The number of hydrogen-bond acceptors (Lipinski definition) is 7. The van der Waals surface area contributed by atoms with Crippen molar-refractivity contribution in [1.82, 2.24) is 20.3 Å². The molecule has 0 aliphatic heterocycles. The van der Waals surface area contributed by atoms with E-state index in [-0.39, 0.29) is 17.2 Å². The van der Waals surface area contributed by atoms with Gasteiger partial charge in [-0.15, -0.1) is 11.3 Å². The average Bonchev–Trinajstić information content (AvgIpc) is 3.54. The molecular weight excluding hydrogens is 422 g/mol. The van der Waals surface area contributed by atoms with Gasteiger partial charge in [-0.1, -0.05) is 19.1 Å². The molecule has 1 atom stereocenters. The quantitative estimate of drug-likeness (QED) is 0.552. The number of amides is 1. The maximum atomic E-state index is 12.7. The first-order valence-corrected chi connectivity index (χ1v) is 12.0. The molecule has 0 saturated heterocycles. The summed E-state index contributed by atoms with van der Waals surface area (Å²) >= 11 is 1.22. The highest BCUT2D eigenvalue weighted by Crippen LogP contribution is 2.31. The number of nitrogens with one attached hydrogen (secondary N) is 2. The fourth-order valence-electron chi connectivity index (χ4n) is 2.94. The Labute approximate surface area is 178 Å². The van der Waals surface area contributed by atoms with Crippen molar-refractivity contribution in [3.63, 3.8) is 0 Å². The first-order chi connectivity index (χ1) is 14.5. The van der Waals surface area contributed by atoms with E-state index >= 15 is 0 Å². The second kappa shape index (κ2) is 8.49. The van der Waals surface area contributed by atoms with Crippen LogP contribution < -0.4 is 10.0 Å². The van der Waals surface area contributed by atoms with Gasteiger partial charge in [0.1, 0.15) is 0 Å². The lowest BCUT2D eigenvalue weighted by molar-refractivity contribution is 0.0935. The third kappa shape index (κ3) is 4.65. The number of carbonyl (C=O) groups excluding carboxylic acids is 1. The summed E-state index contributed by atoms with van der Waals surface area (Å²) in [6.45, 7) is 1.94. The van der Waals surface area contributed by atoms with E-state index in [0.717, 1.165) is 11.3 Å². The summed E-state index contributed by atoms with van der Waals surface area (Å²) in [5.74, 6) is -0.222. The minimum absolute atomic E-state index is 0.222. The SMILES string of the molecule is CCC(NC(=O)c1ccc(-c2cnccn2)cc1)c1csc(NS(=O)(=O)C2CC2)n1. The first-order valence-electron chi connectivity index (χ1n) is 9.60. The van der Waals surface area contributed by atoms with Crippen LogP contribution in [-0.2, 0) is 10.0 Å². The third-order valence-electron chi connectivity index (χ3n) is 4.79. The highest BCUT2D eigenvalue weighted by atomic mass is 32.2. The van der Waals surface area contributed by atoms with Crippen molar-refractivity contribution in [2.24, 2.45) is 0 Å². The largest absolute Gasteiger partial charge is 0.344 e. The molecule has 1 amide bonds. The van der Waals surface area contributed by atoms with Crippen molar-refractivity contribution in [2.75, 3.05) is 4.72 Å². The Balaban J connectivity index is 1.43. The molecule has 2 heterocycles. The van der Waals surface area contributed by atoms with Crippen LogP contribution in [0.4, 0.5) is 5.13 Å². The van der Waals surface area contributed by atoms with E-state index in [4.69, 9.17) is 0 Å². The van der Waals surface area contributed by atoms with E-state index in [1.54, 1.807) is 36.1 Å². The van der Waals surface area contributed by atoms with Gasteiger partial charge in [0.15, 0.2) is 5.13 Å². The lowest BCUT2D eigenvalue weighted by atomic mass is 10.1. The Morgan fingerprint density at radius 3 is 2.63 bits per heavy atom. The minimum atomic E-state index is -3.35. The Kier molecular flexibility index (Phi) is 5.78. The lowest BCUT2D eigenvalue weighted by Crippen LogP contribution is -2.28. The summed E-state index contributed by atoms with van der Waals surface area (Å²) in [7, 11) is -3.35. The van der Waals surface area contributed by atoms with Crippen LogP contribution in [0.15, 0.2) is 48.2 Å². The average molecular weight is 444 g/mol. The molecule has 30 heavy (non-hydrogen) atoms. The molecule has 10 heteroatoms. The molecule has 1 aromatic carbocycles. The van der Waals surface area contributed by atoms with Crippen LogP contribution in [0, 0.1) is 0 Å². The summed E-state index contributed by atoms with van der Waals surface area (Å²) < 4.78 is 26.7. The van der Waals surface area contributed by atoms with E-state index in [9.17, 15) is 13.2 Å². The van der Waals surface area contributed by atoms with Crippen molar-refractivity contribution in [1.29, 1.82) is 0 Å². The van der Waals surface area contributed by atoms with Crippen LogP contribution in [0.25, 0.3) is 11.3 Å². The van der Waals surface area contributed by atoms with Crippen LogP contribution in [0.3, 0.4) is 0 Å². The summed E-state index contributed by atoms with van der Waals surface area (Å²) in [5.41, 5.74) is 2.77. The fourth-order valence-corrected chi connectivity index (χ4v) is 5.30. The molecule has 0 bridgehead atoms. The van der Waals surface area contributed by atoms with Gasteiger partial charge < -0.3 is 5.32 Å². The molecule has 1 aliphatic rings. The van der Waals surface area contributed by atoms with Crippen molar-refractivity contribution in [3.8, 4) is 11.3 Å². The van der Waals surface area contributed by atoms with Gasteiger partial charge in [-0.2, -0.15) is 0 Å². The van der Waals surface area contributed by atoms with E-state index < -0.39 is 10.0 Å². The number of carbonyl (C=O) groups is 1. The predicted octanol–water partition coefficient (Wildman–Crippen LogP) is 3.39. The number of aromatic nitrogens is 3. The molecule has 4 rings (SSSR count). The van der Waals surface area contributed by atoms with E-state index in [2.05, 4.69) is 25.0 Å². The van der Waals surface area contributed by atoms with Crippen molar-refractivity contribution in [3.05, 3.63) is 59.5 Å². The molecule has 0 radical (unpaired) electrons. The maximum absolute atomic E-state index is 12.7. The molecule has 1 fully saturated rings. The van der Waals surface area contributed by atoms with Gasteiger partial charge in [-0.05, 0) is 31.4 Å². The van der Waals surface area contributed by atoms with Gasteiger partial charge >= 0.3 is 0 Å². The lowest BCUT2D eigenvalue weighted by Gasteiger charge is -2.15. The van der Waals surface area contributed by atoms with Gasteiger partial charge in [-0.25, -0.2) is 13.4 Å². The standard InChI is InChI=1S/C20H21N5O3S2/c1-2-16(18-12-29-20(24-18)25-30(27,28)15-7-8-15)23-19(26)14-5-3-13(4-6-14)17-11-21-9-10-22-17/h3-6,9-12,15-16H,2,7-8H2,1H3,(H,23,26)(H,24,25).